The number of anilines is 2. The Labute approximate surface area is 167 Å². The first kappa shape index (κ1) is 18.3. The topological polar surface area (TPSA) is 73.0 Å². The second-order valence-corrected chi connectivity index (χ2v) is 7.17. The van der Waals surface area contributed by atoms with Crippen LogP contribution < -0.4 is 15.1 Å². The summed E-state index contributed by atoms with van der Waals surface area (Å²) in [6.07, 6.45) is 0.235. The highest BCUT2D eigenvalue weighted by atomic mass is 35.5. The number of nitrogens with one attached hydrogen (secondary N) is 1. The third-order valence-corrected chi connectivity index (χ3v) is 5.43. The highest BCUT2D eigenvalue weighted by Gasteiger charge is 2.28. The number of halogens is 1. The van der Waals surface area contributed by atoms with Crippen LogP contribution in [0.25, 0.3) is 11.1 Å². The highest BCUT2D eigenvalue weighted by molar-refractivity contribution is 6.36. The van der Waals surface area contributed by atoms with Gasteiger partial charge in [-0.3, -0.25) is 19.9 Å². The molecule has 8 heteroatoms. The molecule has 0 spiro atoms. The summed E-state index contributed by atoms with van der Waals surface area (Å²) < 4.78 is 0. The third kappa shape index (κ3) is 3.18. The summed E-state index contributed by atoms with van der Waals surface area (Å²) in [5, 5.41) is 2.75. The van der Waals surface area contributed by atoms with Crippen LogP contribution in [0.15, 0.2) is 42.5 Å². The van der Waals surface area contributed by atoms with Crippen molar-refractivity contribution in [3.05, 3.63) is 47.5 Å². The number of urea groups is 2. The number of nitrogens with zero attached hydrogens (tertiary/aromatic N) is 3. The minimum atomic E-state index is -0.470. The van der Waals surface area contributed by atoms with Gasteiger partial charge in [0.05, 0.1) is 10.7 Å². The molecule has 2 saturated heterocycles. The Morgan fingerprint density at radius 2 is 1.68 bits per heavy atom. The van der Waals surface area contributed by atoms with Gasteiger partial charge in [-0.15, -0.1) is 0 Å². The van der Waals surface area contributed by atoms with Crippen LogP contribution >= 0.6 is 11.6 Å². The Bertz CT molecular complexity index is 960. The standard InChI is InChI=1S/C20H19ClN4O3/c1-23-11-12-24(20(23)28)14-7-5-13(6-8-14)15-3-2-4-16(18(15)21)25-10-9-17(26)22-19(25)27/h2-8H,9-12H2,1H3,(H,22,26,27). The van der Waals surface area contributed by atoms with Gasteiger partial charge in [0.1, 0.15) is 0 Å². The highest BCUT2D eigenvalue weighted by Crippen LogP contribution is 2.37. The number of likely N-dealkylation sites (N-methyl/N-ethyl adjacent to an activating group) is 1. The van der Waals surface area contributed by atoms with Gasteiger partial charge in [-0.2, -0.15) is 0 Å². The lowest BCUT2D eigenvalue weighted by molar-refractivity contribution is -0.120. The molecule has 2 fully saturated rings. The van der Waals surface area contributed by atoms with Crippen molar-refractivity contribution < 1.29 is 14.4 Å². The van der Waals surface area contributed by atoms with E-state index < -0.39 is 6.03 Å². The number of rotatable bonds is 3. The maximum absolute atomic E-state index is 12.2. The summed E-state index contributed by atoms with van der Waals surface area (Å²) in [7, 11) is 1.78. The normalized spacial score (nSPS) is 17.4. The van der Waals surface area contributed by atoms with Crippen LogP contribution in [0.3, 0.4) is 0 Å². The van der Waals surface area contributed by atoms with Crippen LogP contribution in [-0.2, 0) is 4.79 Å². The second-order valence-electron chi connectivity index (χ2n) is 6.80. The molecule has 2 heterocycles. The summed E-state index contributed by atoms with van der Waals surface area (Å²) >= 11 is 6.61. The van der Waals surface area contributed by atoms with Crippen LogP contribution in [0.4, 0.5) is 21.0 Å². The summed E-state index contributed by atoms with van der Waals surface area (Å²) in [6, 6.07) is 12.6. The van der Waals surface area contributed by atoms with Crippen molar-refractivity contribution >= 4 is 40.9 Å². The van der Waals surface area contributed by atoms with Crippen molar-refractivity contribution in [2.45, 2.75) is 6.42 Å². The van der Waals surface area contributed by atoms with Gasteiger partial charge in [-0.25, -0.2) is 9.59 Å². The third-order valence-electron chi connectivity index (χ3n) is 5.03. The second kappa shape index (κ2) is 7.16. The Hall–Kier alpha value is -3.06. The number of carbonyl (C=O) groups excluding carboxylic acids is 3. The minimum absolute atomic E-state index is 0.0153. The van der Waals surface area contributed by atoms with E-state index in [-0.39, 0.29) is 24.9 Å². The zero-order chi connectivity index (χ0) is 19.8. The fourth-order valence-corrected chi connectivity index (χ4v) is 3.79. The molecule has 2 aliphatic rings. The van der Waals surface area contributed by atoms with Gasteiger partial charge in [-0.05, 0) is 23.8 Å². The van der Waals surface area contributed by atoms with Crippen LogP contribution in [0.1, 0.15) is 6.42 Å². The van der Waals surface area contributed by atoms with Crippen molar-refractivity contribution in [3.63, 3.8) is 0 Å². The van der Waals surface area contributed by atoms with Crippen molar-refractivity contribution in [3.8, 4) is 11.1 Å². The minimum Gasteiger partial charge on any atom is -0.326 e. The SMILES string of the molecule is CN1CCN(c2ccc(-c3cccc(N4CCC(=O)NC4=O)c3Cl)cc2)C1=O. The first-order chi connectivity index (χ1) is 13.5. The Balaban J connectivity index is 1.62. The van der Waals surface area contributed by atoms with Gasteiger partial charge in [0.15, 0.2) is 0 Å². The van der Waals surface area contributed by atoms with E-state index in [0.29, 0.717) is 23.8 Å². The van der Waals surface area contributed by atoms with Gasteiger partial charge in [-0.1, -0.05) is 35.9 Å². The maximum Gasteiger partial charge on any atom is 0.328 e. The molecular weight excluding hydrogens is 380 g/mol. The predicted molar refractivity (Wildman–Crippen MR) is 108 cm³/mol. The summed E-state index contributed by atoms with van der Waals surface area (Å²) in [5.41, 5.74) is 3.05. The van der Waals surface area contributed by atoms with E-state index in [9.17, 15) is 14.4 Å². The molecule has 0 aromatic heterocycles. The lowest BCUT2D eigenvalue weighted by Crippen LogP contribution is -2.49. The Morgan fingerprint density at radius 1 is 0.929 bits per heavy atom. The number of carbonyl (C=O) groups is 3. The maximum atomic E-state index is 12.2. The van der Waals surface area contributed by atoms with E-state index in [2.05, 4.69) is 5.32 Å². The molecule has 28 heavy (non-hydrogen) atoms. The molecule has 1 N–H and O–H groups in total. The van der Waals surface area contributed by atoms with Crippen LogP contribution in [0.2, 0.25) is 5.02 Å². The first-order valence-electron chi connectivity index (χ1n) is 8.98. The fourth-order valence-electron chi connectivity index (χ4n) is 3.45. The van der Waals surface area contributed by atoms with E-state index in [0.717, 1.165) is 16.8 Å². The number of hydrogen-bond acceptors (Lipinski definition) is 3. The molecule has 4 rings (SSSR count). The number of imide groups is 1. The summed E-state index contributed by atoms with van der Waals surface area (Å²) in [4.78, 5) is 40.6. The van der Waals surface area contributed by atoms with Gasteiger partial charge in [0.25, 0.3) is 0 Å². The molecule has 0 bridgehead atoms. The first-order valence-corrected chi connectivity index (χ1v) is 9.36. The predicted octanol–water partition coefficient (Wildman–Crippen LogP) is 3.33. The van der Waals surface area contributed by atoms with E-state index >= 15 is 0 Å². The molecule has 0 saturated carbocycles. The van der Waals surface area contributed by atoms with Crippen molar-refractivity contribution in [2.24, 2.45) is 0 Å². The van der Waals surface area contributed by atoms with Gasteiger partial charge in [0.2, 0.25) is 5.91 Å². The number of amides is 5. The number of benzene rings is 2. The average Bonchev–Trinajstić information content (AvgIpc) is 3.02. The van der Waals surface area contributed by atoms with Crippen molar-refractivity contribution in [1.29, 1.82) is 0 Å². The molecule has 0 atom stereocenters. The number of hydrogen-bond donors (Lipinski definition) is 1. The molecule has 2 aliphatic heterocycles. The zero-order valence-electron chi connectivity index (χ0n) is 15.3. The van der Waals surface area contributed by atoms with E-state index in [1.807, 2.05) is 36.4 Å². The molecule has 0 radical (unpaired) electrons. The zero-order valence-corrected chi connectivity index (χ0v) is 16.1. The molecule has 144 valence electrons. The molecule has 7 nitrogen and oxygen atoms in total. The van der Waals surface area contributed by atoms with E-state index in [4.69, 9.17) is 11.6 Å². The Morgan fingerprint density at radius 3 is 2.32 bits per heavy atom. The van der Waals surface area contributed by atoms with Crippen molar-refractivity contribution in [1.82, 2.24) is 10.2 Å². The van der Waals surface area contributed by atoms with E-state index in [1.54, 1.807) is 22.9 Å². The van der Waals surface area contributed by atoms with Crippen LogP contribution in [0.5, 0.6) is 0 Å². The van der Waals surface area contributed by atoms with Crippen LogP contribution in [-0.4, -0.2) is 49.6 Å². The Kier molecular flexibility index (Phi) is 4.68. The lowest BCUT2D eigenvalue weighted by Gasteiger charge is -2.28. The molecule has 2 aromatic rings. The van der Waals surface area contributed by atoms with Gasteiger partial charge < -0.3 is 4.90 Å². The monoisotopic (exact) mass is 398 g/mol. The fraction of sp³-hybridized carbons (Fsp3) is 0.250. The average molecular weight is 399 g/mol. The molecular formula is C20H19ClN4O3. The largest absolute Gasteiger partial charge is 0.328 e. The summed E-state index contributed by atoms with van der Waals surface area (Å²) in [5.74, 6) is -0.286. The molecule has 0 aliphatic carbocycles. The molecule has 0 unspecified atom stereocenters. The summed E-state index contributed by atoms with van der Waals surface area (Å²) in [6.45, 7) is 1.65. The smallest absolute Gasteiger partial charge is 0.326 e. The van der Waals surface area contributed by atoms with Crippen molar-refractivity contribution in [2.75, 3.05) is 36.5 Å². The van der Waals surface area contributed by atoms with Gasteiger partial charge >= 0.3 is 12.1 Å². The quantitative estimate of drug-likeness (QED) is 0.861. The lowest BCUT2D eigenvalue weighted by atomic mass is 10.0. The molecule has 2 aromatic carbocycles. The van der Waals surface area contributed by atoms with Crippen LogP contribution in [0, 0.1) is 0 Å². The van der Waals surface area contributed by atoms with E-state index in [1.165, 1.54) is 4.90 Å². The van der Waals surface area contributed by atoms with Gasteiger partial charge in [0, 0.05) is 44.4 Å². The molecule has 5 amide bonds.